The molecular weight excluding hydrogens is 184 g/mol. The minimum absolute atomic E-state index is 0.443. The summed E-state index contributed by atoms with van der Waals surface area (Å²) in [5.74, 6) is 2.09. The van der Waals surface area contributed by atoms with Crippen LogP contribution >= 0.6 is 0 Å². The number of ether oxygens (including phenoxy) is 1. The first-order chi connectivity index (χ1) is 6.99. The highest BCUT2D eigenvalue weighted by atomic mass is 16.5. The van der Waals surface area contributed by atoms with Crippen LogP contribution < -0.4 is 0 Å². The minimum atomic E-state index is 0.443. The van der Waals surface area contributed by atoms with Crippen molar-refractivity contribution in [1.29, 1.82) is 0 Å². The summed E-state index contributed by atoms with van der Waals surface area (Å²) in [4.78, 5) is 0. The molecule has 0 radical (unpaired) electrons. The maximum Gasteiger partial charge on any atom is 0.0623 e. The van der Waals surface area contributed by atoms with Crippen LogP contribution in [0.25, 0.3) is 0 Å². The largest absolute Gasteiger partial charge is 0.378 e. The first-order valence-electron chi connectivity index (χ1n) is 6.60. The fourth-order valence-corrected chi connectivity index (χ4v) is 2.26. The van der Waals surface area contributed by atoms with Gasteiger partial charge < -0.3 is 4.74 Å². The zero-order valence-corrected chi connectivity index (χ0v) is 11.5. The maximum atomic E-state index is 6.01. The predicted molar refractivity (Wildman–Crippen MR) is 68.1 cm³/mol. The van der Waals surface area contributed by atoms with Crippen LogP contribution in [0.15, 0.2) is 0 Å². The standard InChI is InChI=1S/C14H30O/c1-7-8-9-15-14(12(4)5)13(6)10-11(2)3/h11-14H,7-10H2,1-6H3/t13-,14+/m1/s1. The van der Waals surface area contributed by atoms with Gasteiger partial charge in [-0.2, -0.15) is 0 Å². The van der Waals surface area contributed by atoms with Crippen molar-refractivity contribution in [2.24, 2.45) is 17.8 Å². The van der Waals surface area contributed by atoms with Crippen molar-refractivity contribution < 1.29 is 4.74 Å². The van der Waals surface area contributed by atoms with Crippen molar-refractivity contribution in [3.63, 3.8) is 0 Å². The van der Waals surface area contributed by atoms with E-state index in [0.29, 0.717) is 17.9 Å². The zero-order chi connectivity index (χ0) is 11.8. The Morgan fingerprint density at radius 2 is 1.60 bits per heavy atom. The predicted octanol–water partition coefficient (Wildman–Crippen LogP) is 4.51. The van der Waals surface area contributed by atoms with Gasteiger partial charge in [0.05, 0.1) is 6.10 Å². The van der Waals surface area contributed by atoms with Gasteiger partial charge >= 0.3 is 0 Å². The monoisotopic (exact) mass is 214 g/mol. The molecule has 0 rings (SSSR count). The molecule has 0 fully saturated rings. The van der Waals surface area contributed by atoms with Crippen molar-refractivity contribution >= 4 is 0 Å². The Kier molecular flexibility index (Phi) is 8.13. The highest BCUT2D eigenvalue weighted by Gasteiger charge is 2.21. The van der Waals surface area contributed by atoms with E-state index >= 15 is 0 Å². The van der Waals surface area contributed by atoms with Crippen molar-refractivity contribution in [3.05, 3.63) is 0 Å². The highest BCUT2D eigenvalue weighted by Crippen LogP contribution is 2.23. The molecular formula is C14H30O. The molecule has 0 aliphatic carbocycles. The molecule has 0 amide bonds. The van der Waals surface area contributed by atoms with E-state index in [9.17, 15) is 0 Å². The SMILES string of the molecule is CCCCO[C@@H](C(C)C)[C@H](C)CC(C)C. The molecule has 0 aromatic carbocycles. The minimum Gasteiger partial charge on any atom is -0.378 e. The van der Waals surface area contributed by atoms with Gasteiger partial charge in [-0.25, -0.2) is 0 Å². The number of hydrogen-bond acceptors (Lipinski definition) is 1. The van der Waals surface area contributed by atoms with Crippen LogP contribution in [-0.2, 0) is 4.74 Å². The van der Waals surface area contributed by atoms with Gasteiger partial charge in [0.1, 0.15) is 0 Å². The van der Waals surface area contributed by atoms with Gasteiger partial charge in [0, 0.05) is 6.61 Å². The van der Waals surface area contributed by atoms with Crippen LogP contribution in [0, 0.1) is 17.8 Å². The molecule has 0 aromatic heterocycles. The van der Waals surface area contributed by atoms with Gasteiger partial charge in [-0.1, -0.05) is 48.0 Å². The summed E-state index contributed by atoms with van der Waals surface area (Å²) in [6.07, 6.45) is 4.13. The molecule has 1 heteroatoms. The average Bonchev–Trinajstić information content (AvgIpc) is 2.10. The Balaban J connectivity index is 4.01. The molecule has 2 atom stereocenters. The second-order valence-electron chi connectivity index (χ2n) is 5.54. The molecule has 0 heterocycles. The summed E-state index contributed by atoms with van der Waals surface area (Å²) in [6.45, 7) is 14.6. The lowest BCUT2D eigenvalue weighted by molar-refractivity contribution is -0.0191. The van der Waals surface area contributed by atoms with E-state index in [1.807, 2.05) is 0 Å². The van der Waals surface area contributed by atoms with Crippen LogP contribution in [-0.4, -0.2) is 12.7 Å². The Hall–Kier alpha value is -0.0400. The number of hydrogen-bond donors (Lipinski definition) is 0. The molecule has 15 heavy (non-hydrogen) atoms. The van der Waals surface area contributed by atoms with E-state index in [0.717, 1.165) is 12.5 Å². The molecule has 92 valence electrons. The van der Waals surface area contributed by atoms with Crippen LogP contribution in [0.2, 0.25) is 0 Å². The maximum absolute atomic E-state index is 6.01. The van der Waals surface area contributed by atoms with E-state index < -0.39 is 0 Å². The lowest BCUT2D eigenvalue weighted by Gasteiger charge is -2.29. The Morgan fingerprint density at radius 1 is 1.00 bits per heavy atom. The first-order valence-corrected chi connectivity index (χ1v) is 6.60. The molecule has 0 unspecified atom stereocenters. The number of unbranched alkanes of at least 4 members (excludes halogenated alkanes) is 1. The third-order valence-electron chi connectivity index (χ3n) is 2.87. The zero-order valence-electron chi connectivity index (χ0n) is 11.5. The molecule has 0 bridgehead atoms. The summed E-state index contributed by atoms with van der Waals surface area (Å²) < 4.78 is 6.01. The topological polar surface area (TPSA) is 9.23 Å². The molecule has 0 saturated heterocycles. The molecule has 0 aliphatic rings. The summed E-state index contributed by atoms with van der Waals surface area (Å²) >= 11 is 0. The van der Waals surface area contributed by atoms with Gasteiger partial charge in [-0.05, 0) is 30.6 Å². The lowest BCUT2D eigenvalue weighted by Crippen LogP contribution is -2.29. The van der Waals surface area contributed by atoms with Crippen molar-refractivity contribution in [2.45, 2.75) is 66.9 Å². The first kappa shape index (κ1) is 15.0. The molecule has 0 aromatic rings. The fraction of sp³-hybridized carbons (Fsp3) is 1.00. The van der Waals surface area contributed by atoms with Crippen molar-refractivity contribution in [2.75, 3.05) is 6.61 Å². The Morgan fingerprint density at radius 3 is 2.00 bits per heavy atom. The second kappa shape index (κ2) is 8.15. The normalized spacial score (nSPS) is 16.0. The third-order valence-corrected chi connectivity index (χ3v) is 2.87. The van der Waals surface area contributed by atoms with Crippen molar-refractivity contribution in [3.8, 4) is 0 Å². The van der Waals surface area contributed by atoms with Crippen molar-refractivity contribution in [1.82, 2.24) is 0 Å². The molecule has 1 nitrogen and oxygen atoms in total. The average molecular weight is 214 g/mol. The van der Waals surface area contributed by atoms with Crippen LogP contribution in [0.1, 0.15) is 60.8 Å². The van der Waals surface area contributed by atoms with E-state index in [4.69, 9.17) is 4.74 Å². The summed E-state index contributed by atoms with van der Waals surface area (Å²) in [6, 6.07) is 0. The third kappa shape index (κ3) is 6.94. The van der Waals surface area contributed by atoms with E-state index in [1.165, 1.54) is 19.3 Å². The van der Waals surface area contributed by atoms with Crippen LogP contribution in [0.5, 0.6) is 0 Å². The Labute approximate surface area is 96.6 Å². The van der Waals surface area contributed by atoms with Gasteiger partial charge in [0.2, 0.25) is 0 Å². The smallest absolute Gasteiger partial charge is 0.0623 e. The molecule has 0 N–H and O–H groups in total. The summed E-state index contributed by atoms with van der Waals surface area (Å²) in [5, 5.41) is 0. The van der Waals surface area contributed by atoms with E-state index in [2.05, 4.69) is 41.5 Å². The fourth-order valence-electron chi connectivity index (χ4n) is 2.26. The van der Waals surface area contributed by atoms with Gasteiger partial charge in [0.25, 0.3) is 0 Å². The molecule has 0 spiro atoms. The van der Waals surface area contributed by atoms with Gasteiger partial charge in [0.15, 0.2) is 0 Å². The van der Waals surface area contributed by atoms with Gasteiger partial charge in [-0.15, -0.1) is 0 Å². The summed E-state index contributed by atoms with van der Waals surface area (Å²) in [7, 11) is 0. The highest BCUT2D eigenvalue weighted by molar-refractivity contribution is 4.71. The number of rotatable bonds is 8. The van der Waals surface area contributed by atoms with Crippen LogP contribution in [0.4, 0.5) is 0 Å². The lowest BCUT2D eigenvalue weighted by atomic mass is 9.88. The van der Waals surface area contributed by atoms with E-state index in [1.54, 1.807) is 0 Å². The molecule has 0 aliphatic heterocycles. The quantitative estimate of drug-likeness (QED) is 0.540. The van der Waals surface area contributed by atoms with Crippen LogP contribution in [0.3, 0.4) is 0 Å². The molecule has 0 saturated carbocycles. The summed E-state index contributed by atoms with van der Waals surface area (Å²) in [5.41, 5.74) is 0. The van der Waals surface area contributed by atoms with Gasteiger partial charge in [-0.3, -0.25) is 0 Å². The second-order valence-corrected chi connectivity index (χ2v) is 5.54. The van der Waals surface area contributed by atoms with E-state index in [-0.39, 0.29) is 0 Å². The Bertz CT molecular complexity index is 140.